The lowest BCUT2D eigenvalue weighted by atomic mass is 9.94. The fraction of sp³-hybridized carbons (Fsp3) is 0.684. The van der Waals surface area contributed by atoms with E-state index in [1.807, 2.05) is 19.1 Å². The number of alkyl halides is 3. The van der Waals surface area contributed by atoms with Gasteiger partial charge in [-0.3, -0.25) is 0 Å². The molecule has 1 aromatic rings. The van der Waals surface area contributed by atoms with Gasteiger partial charge in [-0.1, -0.05) is 18.6 Å². The molecule has 0 amide bonds. The quantitative estimate of drug-likeness (QED) is 0.805. The minimum atomic E-state index is -4.34. The van der Waals surface area contributed by atoms with Crippen LogP contribution in [-0.4, -0.2) is 44.6 Å². The summed E-state index contributed by atoms with van der Waals surface area (Å²) in [5.41, 5.74) is 1.64. The second-order valence-electron chi connectivity index (χ2n) is 7.23. The van der Waals surface area contributed by atoms with Crippen molar-refractivity contribution >= 4 is 0 Å². The van der Waals surface area contributed by atoms with Crippen LogP contribution in [-0.2, 0) is 11.3 Å². The van der Waals surface area contributed by atoms with Crippen molar-refractivity contribution < 1.29 is 22.6 Å². The normalized spacial score (nSPS) is 26.8. The Morgan fingerprint density at radius 3 is 2.88 bits per heavy atom. The zero-order chi connectivity index (χ0) is 18.6. The molecular formula is C19H27F3N2O2. The molecule has 2 aliphatic rings. The monoisotopic (exact) mass is 372 g/mol. The first kappa shape index (κ1) is 19.5. The van der Waals surface area contributed by atoms with Crippen LogP contribution in [0.4, 0.5) is 13.2 Å². The topological polar surface area (TPSA) is 42.5 Å². The average Bonchev–Trinajstić information content (AvgIpc) is 3.08. The summed E-state index contributed by atoms with van der Waals surface area (Å²) < 4.78 is 48.1. The molecule has 0 radical (unpaired) electrons. The van der Waals surface area contributed by atoms with Gasteiger partial charge >= 0.3 is 6.18 Å². The van der Waals surface area contributed by atoms with E-state index in [4.69, 9.17) is 9.47 Å². The first-order valence-electron chi connectivity index (χ1n) is 9.26. The minimum Gasteiger partial charge on any atom is -0.484 e. The Morgan fingerprint density at radius 2 is 2.15 bits per heavy atom. The number of morpholine rings is 1. The lowest BCUT2D eigenvalue weighted by molar-refractivity contribution is -0.153. The Morgan fingerprint density at radius 1 is 1.31 bits per heavy atom. The van der Waals surface area contributed by atoms with Crippen LogP contribution in [0.2, 0.25) is 0 Å². The Labute approximate surface area is 152 Å². The number of nitrogens with one attached hydrogen (secondary N) is 2. The first-order chi connectivity index (χ1) is 12.4. The summed E-state index contributed by atoms with van der Waals surface area (Å²) in [6.45, 7) is 3.44. The highest BCUT2D eigenvalue weighted by molar-refractivity contribution is 5.37. The third kappa shape index (κ3) is 5.34. The molecule has 1 saturated carbocycles. The Hall–Kier alpha value is -1.31. The van der Waals surface area contributed by atoms with Gasteiger partial charge in [-0.15, -0.1) is 0 Å². The lowest BCUT2D eigenvalue weighted by Crippen LogP contribution is -2.50. The molecule has 2 N–H and O–H groups in total. The zero-order valence-corrected chi connectivity index (χ0v) is 15.1. The van der Waals surface area contributed by atoms with Crippen LogP contribution in [0.15, 0.2) is 18.2 Å². The number of halogens is 3. The summed E-state index contributed by atoms with van der Waals surface area (Å²) in [7, 11) is 0. The highest BCUT2D eigenvalue weighted by Gasteiger charge is 2.34. The Balaban J connectivity index is 1.61. The molecular weight excluding hydrogens is 345 g/mol. The molecule has 1 aromatic carbocycles. The van der Waals surface area contributed by atoms with E-state index in [0.717, 1.165) is 50.1 Å². The van der Waals surface area contributed by atoms with Crippen LogP contribution < -0.4 is 15.4 Å². The third-order valence-electron chi connectivity index (χ3n) is 5.21. The van der Waals surface area contributed by atoms with E-state index in [-0.39, 0.29) is 0 Å². The molecule has 2 fully saturated rings. The summed E-state index contributed by atoms with van der Waals surface area (Å²) in [5.74, 6) is 0.795. The van der Waals surface area contributed by atoms with Gasteiger partial charge in [0.05, 0.1) is 13.2 Å². The number of hydrogen-bond donors (Lipinski definition) is 2. The van der Waals surface area contributed by atoms with Crippen molar-refractivity contribution in [1.82, 2.24) is 10.6 Å². The van der Waals surface area contributed by atoms with E-state index < -0.39 is 12.8 Å². The van der Waals surface area contributed by atoms with E-state index in [2.05, 4.69) is 10.6 Å². The van der Waals surface area contributed by atoms with Gasteiger partial charge in [-0.2, -0.15) is 13.2 Å². The second kappa shape index (κ2) is 8.59. The van der Waals surface area contributed by atoms with Gasteiger partial charge < -0.3 is 20.1 Å². The molecule has 3 unspecified atom stereocenters. The van der Waals surface area contributed by atoms with Gasteiger partial charge in [0.25, 0.3) is 0 Å². The fourth-order valence-electron chi connectivity index (χ4n) is 3.93. The maximum atomic E-state index is 12.5. The number of benzene rings is 1. The fourth-order valence-corrected chi connectivity index (χ4v) is 3.93. The summed E-state index contributed by atoms with van der Waals surface area (Å²) in [6.07, 6.45) is -0.957. The van der Waals surface area contributed by atoms with E-state index in [0.29, 0.717) is 30.3 Å². The van der Waals surface area contributed by atoms with Crippen LogP contribution >= 0.6 is 0 Å². The average molecular weight is 372 g/mol. The predicted molar refractivity (Wildman–Crippen MR) is 93.3 cm³/mol. The van der Waals surface area contributed by atoms with Gasteiger partial charge in [0.15, 0.2) is 6.61 Å². The number of rotatable bonds is 6. The molecule has 4 nitrogen and oxygen atoms in total. The molecule has 1 aliphatic carbocycles. The molecule has 0 bridgehead atoms. The van der Waals surface area contributed by atoms with Crippen molar-refractivity contribution in [2.45, 2.75) is 51.0 Å². The minimum absolute atomic E-state index is 0.309. The van der Waals surface area contributed by atoms with Crippen LogP contribution in [0.5, 0.6) is 5.75 Å². The summed E-state index contributed by atoms with van der Waals surface area (Å²) in [5, 5.41) is 7.08. The van der Waals surface area contributed by atoms with Gasteiger partial charge in [0.2, 0.25) is 0 Å². The van der Waals surface area contributed by atoms with Gasteiger partial charge in [0, 0.05) is 30.7 Å². The first-order valence-corrected chi connectivity index (χ1v) is 9.26. The number of hydrogen-bond acceptors (Lipinski definition) is 4. The van der Waals surface area contributed by atoms with Crippen LogP contribution in [0.1, 0.15) is 30.4 Å². The van der Waals surface area contributed by atoms with Crippen LogP contribution in [0.25, 0.3) is 0 Å². The number of ether oxygens (including phenoxy) is 2. The third-order valence-corrected chi connectivity index (χ3v) is 5.21. The SMILES string of the molecule is Cc1ccc(CNC2CCCC2C2COCCN2)c(OCC(F)(F)F)c1. The van der Waals surface area contributed by atoms with Crippen LogP contribution in [0.3, 0.4) is 0 Å². The summed E-state index contributed by atoms with van der Waals surface area (Å²) >= 11 is 0. The second-order valence-corrected chi connectivity index (χ2v) is 7.23. The molecule has 3 rings (SSSR count). The highest BCUT2D eigenvalue weighted by atomic mass is 19.4. The largest absolute Gasteiger partial charge is 0.484 e. The molecule has 3 atom stereocenters. The molecule has 0 aromatic heterocycles. The van der Waals surface area contributed by atoms with Crippen LogP contribution in [0, 0.1) is 12.8 Å². The van der Waals surface area contributed by atoms with Crippen molar-refractivity contribution in [2.75, 3.05) is 26.4 Å². The molecule has 0 spiro atoms. The molecule has 1 heterocycles. The Kier molecular flexibility index (Phi) is 6.42. The number of aryl methyl sites for hydroxylation is 1. The standard InChI is InChI=1S/C19H27F3N2O2/c1-13-5-6-14(18(9-13)26-12-19(20,21)22)10-24-16-4-2-3-15(16)17-11-25-8-7-23-17/h5-6,9,15-17,23-24H,2-4,7-8,10-12H2,1H3. The molecule has 26 heavy (non-hydrogen) atoms. The molecule has 146 valence electrons. The van der Waals surface area contributed by atoms with Crippen molar-refractivity contribution in [2.24, 2.45) is 5.92 Å². The molecule has 1 saturated heterocycles. The van der Waals surface area contributed by atoms with E-state index in [1.54, 1.807) is 6.07 Å². The van der Waals surface area contributed by atoms with Gasteiger partial charge in [-0.25, -0.2) is 0 Å². The maximum absolute atomic E-state index is 12.5. The van der Waals surface area contributed by atoms with Gasteiger partial charge in [-0.05, 0) is 37.3 Å². The predicted octanol–water partition coefficient (Wildman–Crippen LogP) is 3.18. The van der Waals surface area contributed by atoms with Gasteiger partial charge in [0.1, 0.15) is 5.75 Å². The highest BCUT2D eigenvalue weighted by Crippen LogP contribution is 2.30. The summed E-state index contributed by atoms with van der Waals surface area (Å²) in [4.78, 5) is 0. The van der Waals surface area contributed by atoms with Crippen molar-refractivity contribution in [3.8, 4) is 5.75 Å². The lowest BCUT2D eigenvalue weighted by Gasteiger charge is -2.33. The van der Waals surface area contributed by atoms with E-state index >= 15 is 0 Å². The van der Waals surface area contributed by atoms with E-state index in [1.165, 1.54) is 0 Å². The van der Waals surface area contributed by atoms with E-state index in [9.17, 15) is 13.2 Å². The maximum Gasteiger partial charge on any atom is 0.422 e. The summed E-state index contributed by atoms with van der Waals surface area (Å²) in [6, 6.07) is 6.11. The van der Waals surface area contributed by atoms with Crippen molar-refractivity contribution in [3.05, 3.63) is 29.3 Å². The zero-order valence-electron chi connectivity index (χ0n) is 15.1. The Bertz CT molecular complexity index is 589. The van der Waals surface area contributed by atoms with Crippen molar-refractivity contribution in [3.63, 3.8) is 0 Å². The van der Waals surface area contributed by atoms with Crippen molar-refractivity contribution in [1.29, 1.82) is 0 Å². The molecule has 7 heteroatoms. The molecule has 1 aliphatic heterocycles. The smallest absolute Gasteiger partial charge is 0.422 e.